The van der Waals surface area contributed by atoms with Crippen molar-refractivity contribution in [2.24, 2.45) is 0 Å². The smallest absolute Gasteiger partial charge is 0.233 e. The first kappa shape index (κ1) is 20.1. The SMILES string of the molecule is Cc1ccccc1-n1cnnc1S[C@@H](C)C(=O)N[C@H](C)CCc1ccccc1. The zero-order chi connectivity index (χ0) is 19.9. The third kappa shape index (κ3) is 5.23. The number of carbonyl (C=O) groups excluding carboxylic acids is 1. The molecule has 1 aromatic heterocycles. The molecule has 0 saturated heterocycles. The van der Waals surface area contributed by atoms with Gasteiger partial charge in [0.15, 0.2) is 5.16 Å². The second kappa shape index (κ2) is 9.55. The number of nitrogens with one attached hydrogen (secondary N) is 1. The maximum atomic E-state index is 12.6. The molecule has 0 fully saturated rings. The predicted octanol–water partition coefficient (Wildman–Crippen LogP) is 4.19. The van der Waals surface area contributed by atoms with Gasteiger partial charge in [-0.15, -0.1) is 10.2 Å². The minimum absolute atomic E-state index is 0.0184. The fraction of sp³-hybridized carbons (Fsp3) is 0.318. The van der Waals surface area contributed by atoms with Crippen molar-refractivity contribution in [2.45, 2.75) is 50.1 Å². The van der Waals surface area contributed by atoms with Crippen LogP contribution in [-0.4, -0.2) is 32.0 Å². The van der Waals surface area contributed by atoms with E-state index >= 15 is 0 Å². The number of carbonyl (C=O) groups is 1. The van der Waals surface area contributed by atoms with Crippen molar-refractivity contribution >= 4 is 17.7 Å². The molecule has 0 spiro atoms. The molecule has 3 aromatic rings. The lowest BCUT2D eigenvalue weighted by molar-refractivity contribution is -0.120. The number of rotatable bonds is 8. The van der Waals surface area contributed by atoms with Gasteiger partial charge in [0.1, 0.15) is 6.33 Å². The number of amides is 1. The maximum Gasteiger partial charge on any atom is 0.233 e. The lowest BCUT2D eigenvalue weighted by atomic mass is 10.1. The molecule has 6 heteroatoms. The lowest BCUT2D eigenvalue weighted by Gasteiger charge is -2.17. The molecule has 0 bridgehead atoms. The van der Waals surface area contributed by atoms with Crippen molar-refractivity contribution in [1.82, 2.24) is 20.1 Å². The van der Waals surface area contributed by atoms with Crippen molar-refractivity contribution in [3.63, 3.8) is 0 Å². The summed E-state index contributed by atoms with van der Waals surface area (Å²) in [6.45, 7) is 6.00. The van der Waals surface area contributed by atoms with Gasteiger partial charge in [0.2, 0.25) is 5.91 Å². The van der Waals surface area contributed by atoms with E-state index in [1.807, 2.05) is 67.8 Å². The first-order valence-electron chi connectivity index (χ1n) is 9.51. The van der Waals surface area contributed by atoms with Crippen molar-refractivity contribution < 1.29 is 4.79 Å². The molecule has 146 valence electrons. The van der Waals surface area contributed by atoms with E-state index in [1.54, 1.807) is 6.33 Å². The Morgan fingerprint density at radius 3 is 2.57 bits per heavy atom. The van der Waals surface area contributed by atoms with E-state index in [4.69, 9.17) is 0 Å². The van der Waals surface area contributed by atoms with Gasteiger partial charge >= 0.3 is 0 Å². The molecule has 3 rings (SSSR count). The topological polar surface area (TPSA) is 59.8 Å². The van der Waals surface area contributed by atoms with Gasteiger partial charge < -0.3 is 5.32 Å². The van der Waals surface area contributed by atoms with E-state index in [-0.39, 0.29) is 17.2 Å². The molecule has 0 aliphatic heterocycles. The van der Waals surface area contributed by atoms with E-state index < -0.39 is 0 Å². The van der Waals surface area contributed by atoms with Crippen LogP contribution in [0.5, 0.6) is 0 Å². The molecule has 1 amide bonds. The molecular weight excluding hydrogens is 368 g/mol. The number of nitrogens with zero attached hydrogens (tertiary/aromatic N) is 3. The summed E-state index contributed by atoms with van der Waals surface area (Å²) < 4.78 is 1.93. The highest BCUT2D eigenvalue weighted by Gasteiger charge is 2.20. The van der Waals surface area contributed by atoms with Gasteiger partial charge in [-0.05, 0) is 50.8 Å². The Balaban J connectivity index is 1.56. The standard InChI is InChI=1S/C22H26N4OS/c1-16-9-7-8-12-20(16)26-15-23-25-22(26)28-18(3)21(27)24-17(2)13-14-19-10-5-4-6-11-19/h4-12,15,17-18H,13-14H2,1-3H3,(H,24,27)/t17-,18+/m1/s1. The molecule has 1 N–H and O–H groups in total. The van der Waals surface area contributed by atoms with Crippen LogP contribution < -0.4 is 5.32 Å². The zero-order valence-corrected chi connectivity index (χ0v) is 17.3. The maximum absolute atomic E-state index is 12.6. The molecule has 0 saturated carbocycles. The van der Waals surface area contributed by atoms with E-state index in [1.165, 1.54) is 17.3 Å². The monoisotopic (exact) mass is 394 g/mol. The van der Waals surface area contributed by atoms with E-state index in [2.05, 4.69) is 27.6 Å². The Morgan fingerprint density at radius 2 is 1.82 bits per heavy atom. The van der Waals surface area contributed by atoms with Gasteiger partial charge in [0, 0.05) is 6.04 Å². The molecule has 28 heavy (non-hydrogen) atoms. The number of aromatic nitrogens is 3. The number of benzene rings is 2. The summed E-state index contributed by atoms with van der Waals surface area (Å²) >= 11 is 1.42. The molecule has 1 heterocycles. The number of thioether (sulfide) groups is 1. The molecule has 2 aromatic carbocycles. The fourth-order valence-corrected chi connectivity index (χ4v) is 3.82. The fourth-order valence-electron chi connectivity index (χ4n) is 2.98. The van der Waals surface area contributed by atoms with E-state index in [0.717, 1.165) is 24.1 Å². The van der Waals surface area contributed by atoms with Crippen LogP contribution in [0.3, 0.4) is 0 Å². The van der Waals surface area contributed by atoms with E-state index in [9.17, 15) is 4.79 Å². The largest absolute Gasteiger partial charge is 0.353 e. The summed E-state index contributed by atoms with van der Waals surface area (Å²) in [5, 5.41) is 11.8. The molecule has 0 aliphatic carbocycles. The minimum atomic E-state index is -0.258. The van der Waals surface area contributed by atoms with Crippen LogP contribution in [0, 0.1) is 6.92 Å². The first-order chi connectivity index (χ1) is 13.5. The zero-order valence-electron chi connectivity index (χ0n) is 16.5. The summed E-state index contributed by atoms with van der Waals surface area (Å²) in [5.74, 6) is 0.0184. The van der Waals surface area contributed by atoms with Gasteiger partial charge in [-0.1, -0.05) is 60.3 Å². The van der Waals surface area contributed by atoms with Gasteiger partial charge in [-0.2, -0.15) is 0 Å². The minimum Gasteiger partial charge on any atom is -0.353 e. The average Bonchev–Trinajstić information content (AvgIpc) is 3.15. The Bertz CT molecular complexity index is 910. The number of hydrogen-bond acceptors (Lipinski definition) is 4. The highest BCUT2D eigenvalue weighted by molar-refractivity contribution is 8.00. The molecular formula is C22H26N4OS. The molecule has 2 atom stereocenters. The van der Waals surface area contributed by atoms with Gasteiger partial charge in [-0.25, -0.2) is 0 Å². The lowest BCUT2D eigenvalue weighted by Crippen LogP contribution is -2.38. The van der Waals surface area contributed by atoms with Crippen LogP contribution in [0.25, 0.3) is 5.69 Å². The molecule has 5 nitrogen and oxygen atoms in total. The highest BCUT2D eigenvalue weighted by Crippen LogP contribution is 2.25. The van der Waals surface area contributed by atoms with Gasteiger partial charge in [0.05, 0.1) is 10.9 Å². The molecule has 0 radical (unpaired) electrons. The predicted molar refractivity (Wildman–Crippen MR) is 114 cm³/mol. The van der Waals surface area contributed by atoms with Crippen molar-refractivity contribution in [3.05, 3.63) is 72.1 Å². The van der Waals surface area contributed by atoms with Crippen LogP contribution in [-0.2, 0) is 11.2 Å². The van der Waals surface area contributed by atoms with Gasteiger partial charge in [0.25, 0.3) is 0 Å². The van der Waals surface area contributed by atoms with Crippen molar-refractivity contribution in [1.29, 1.82) is 0 Å². The van der Waals surface area contributed by atoms with Crippen molar-refractivity contribution in [3.8, 4) is 5.69 Å². The van der Waals surface area contributed by atoms with Crippen LogP contribution in [0.1, 0.15) is 31.4 Å². The van der Waals surface area contributed by atoms with E-state index in [0.29, 0.717) is 5.16 Å². The number of hydrogen-bond donors (Lipinski definition) is 1. The third-order valence-electron chi connectivity index (χ3n) is 4.64. The highest BCUT2D eigenvalue weighted by atomic mass is 32.2. The second-order valence-electron chi connectivity index (χ2n) is 6.96. The summed E-state index contributed by atoms with van der Waals surface area (Å²) in [4.78, 5) is 12.6. The number of aryl methyl sites for hydroxylation is 2. The summed E-state index contributed by atoms with van der Waals surface area (Å²) in [6, 6.07) is 18.5. The quantitative estimate of drug-likeness (QED) is 0.582. The van der Waals surface area contributed by atoms with Crippen LogP contribution >= 0.6 is 11.8 Å². The molecule has 0 aliphatic rings. The first-order valence-corrected chi connectivity index (χ1v) is 10.4. The summed E-state index contributed by atoms with van der Waals surface area (Å²) in [5.41, 5.74) is 3.45. The Labute approximate surface area is 170 Å². The van der Waals surface area contributed by atoms with Crippen LogP contribution in [0.4, 0.5) is 0 Å². The Kier molecular flexibility index (Phi) is 6.87. The average molecular weight is 395 g/mol. The Hall–Kier alpha value is -2.60. The Morgan fingerprint density at radius 1 is 1.11 bits per heavy atom. The van der Waals surface area contributed by atoms with Crippen molar-refractivity contribution in [2.75, 3.05) is 0 Å². The molecule has 0 unspecified atom stereocenters. The summed E-state index contributed by atoms with van der Waals surface area (Å²) in [7, 11) is 0. The second-order valence-corrected chi connectivity index (χ2v) is 8.27. The van der Waals surface area contributed by atoms with Crippen LogP contribution in [0.2, 0.25) is 0 Å². The van der Waals surface area contributed by atoms with Crippen LogP contribution in [0.15, 0.2) is 66.1 Å². The third-order valence-corrected chi connectivity index (χ3v) is 5.70. The summed E-state index contributed by atoms with van der Waals surface area (Å²) in [6.07, 6.45) is 3.55. The normalized spacial score (nSPS) is 13.1. The number of para-hydroxylation sites is 1. The van der Waals surface area contributed by atoms with Gasteiger partial charge in [-0.3, -0.25) is 9.36 Å².